The summed E-state index contributed by atoms with van der Waals surface area (Å²) in [6.07, 6.45) is 1.30. The summed E-state index contributed by atoms with van der Waals surface area (Å²) in [4.78, 5) is 29.0. The van der Waals surface area contributed by atoms with Crippen molar-refractivity contribution in [3.05, 3.63) is 99.5 Å². The molecule has 10 heteroatoms. The Hall–Kier alpha value is -2.88. The topological polar surface area (TPSA) is 86.8 Å². The second kappa shape index (κ2) is 14.0. The van der Waals surface area contributed by atoms with Gasteiger partial charge in [-0.2, -0.15) is 0 Å². The van der Waals surface area contributed by atoms with Gasteiger partial charge in [-0.15, -0.1) is 0 Å². The van der Waals surface area contributed by atoms with Crippen LogP contribution >= 0.6 is 27.5 Å². The van der Waals surface area contributed by atoms with Crippen molar-refractivity contribution in [1.82, 2.24) is 10.2 Å². The maximum atomic E-state index is 14.0. The molecule has 0 unspecified atom stereocenters. The molecule has 0 spiro atoms. The first-order valence-corrected chi connectivity index (χ1v) is 15.6. The van der Waals surface area contributed by atoms with E-state index >= 15 is 0 Å². The third-order valence-electron chi connectivity index (χ3n) is 6.05. The maximum absolute atomic E-state index is 14.0. The molecular formula is C29H33BrClN3O4S. The van der Waals surface area contributed by atoms with Crippen molar-refractivity contribution >= 4 is 55.1 Å². The van der Waals surface area contributed by atoms with Crippen molar-refractivity contribution in [2.45, 2.75) is 32.9 Å². The molecule has 1 N–H and O–H groups in total. The van der Waals surface area contributed by atoms with Gasteiger partial charge >= 0.3 is 0 Å². The van der Waals surface area contributed by atoms with Crippen molar-refractivity contribution in [3.63, 3.8) is 0 Å². The number of anilines is 1. The number of rotatable bonds is 12. The minimum atomic E-state index is -3.82. The highest BCUT2D eigenvalue weighted by Crippen LogP contribution is 2.24. The molecule has 0 saturated heterocycles. The first-order chi connectivity index (χ1) is 18.5. The number of hydrogen-bond acceptors (Lipinski definition) is 4. The van der Waals surface area contributed by atoms with E-state index in [1.807, 2.05) is 44.2 Å². The van der Waals surface area contributed by atoms with Gasteiger partial charge in [0.25, 0.3) is 0 Å². The second-order valence-corrected chi connectivity index (χ2v) is 12.9. The summed E-state index contributed by atoms with van der Waals surface area (Å²) < 4.78 is 27.4. The van der Waals surface area contributed by atoms with Crippen LogP contribution in [0.1, 0.15) is 25.0 Å². The highest BCUT2D eigenvalue weighted by atomic mass is 79.9. The normalized spacial score (nSPS) is 12.2. The number of halogens is 2. The summed E-state index contributed by atoms with van der Waals surface area (Å²) in [6, 6.07) is 22.3. The van der Waals surface area contributed by atoms with Crippen LogP contribution in [-0.2, 0) is 32.6 Å². The molecule has 208 valence electrons. The monoisotopic (exact) mass is 633 g/mol. The molecule has 0 aliphatic heterocycles. The predicted molar refractivity (Wildman–Crippen MR) is 160 cm³/mol. The van der Waals surface area contributed by atoms with Crippen molar-refractivity contribution < 1.29 is 18.0 Å². The minimum Gasteiger partial charge on any atom is -0.354 e. The van der Waals surface area contributed by atoms with E-state index in [0.717, 1.165) is 20.6 Å². The van der Waals surface area contributed by atoms with Gasteiger partial charge < -0.3 is 10.2 Å². The van der Waals surface area contributed by atoms with Crippen LogP contribution in [0.15, 0.2) is 83.3 Å². The fourth-order valence-electron chi connectivity index (χ4n) is 4.01. The third kappa shape index (κ3) is 9.08. The molecule has 0 bridgehead atoms. The van der Waals surface area contributed by atoms with E-state index in [0.29, 0.717) is 22.8 Å². The lowest BCUT2D eigenvalue weighted by Gasteiger charge is -2.34. The van der Waals surface area contributed by atoms with E-state index in [1.165, 1.54) is 4.90 Å². The first-order valence-electron chi connectivity index (χ1n) is 12.5. The van der Waals surface area contributed by atoms with Crippen molar-refractivity contribution in [3.8, 4) is 0 Å². The Bertz CT molecular complexity index is 1370. The number of benzene rings is 3. The predicted octanol–water partition coefficient (Wildman–Crippen LogP) is 5.28. The molecule has 0 fully saturated rings. The van der Waals surface area contributed by atoms with Gasteiger partial charge in [-0.05, 0) is 47.4 Å². The van der Waals surface area contributed by atoms with Gasteiger partial charge in [-0.25, -0.2) is 8.42 Å². The molecule has 0 heterocycles. The molecular weight excluding hydrogens is 602 g/mol. The Morgan fingerprint density at radius 1 is 0.949 bits per heavy atom. The van der Waals surface area contributed by atoms with Crippen molar-refractivity contribution in [2.75, 3.05) is 23.7 Å². The Morgan fingerprint density at radius 2 is 1.56 bits per heavy atom. The zero-order valence-corrected chi connectivity index (χ0v) is 25.3. The van der Waals surface area contributed by atoms with Crippen LogP contribution in [0, 0.1) is 5.92 Å². The highest BCUT2D eigenvalue weighted by Gasteiger charge is 2.33. The average molecular weight is 635 g/mol. The molecule has 0 saturated carbocycles. The number of hydrogen-bond donors (Lipinski definition) is 1. The quantitative estimate of drug-likeness (QED) is 0.294. The van der Waals surface area contributed by atoms with Gasteiger partial charge in [0.15, 0.2) is 0 Å². The maximum Gasteiger partial charge on any atom is 0.244 e. The molecule has 1 atom stereocenters. The van der Waals surface area contributed by atoms with E-state index in [-0.39, 0.29) is 24.8 Å². The van der Waals surface area contributed by atoms with Gasteiger partial charge in [0.2, 0.25) is 21.8 Å². The minimum absolute atomic E-state index is 0.0308. The van der Waals surface area contributed by atoms with Gasteiger partial charge in [0.05, 0.1) is 11.9 Å². The van der Waals surface area contributed by atoms with Crippen LogP contribution < -0.4 is 9.62 Å². The first kappa shape index (κ1) is 30.7. The average Bonchev–Trinajstić information content (AvgIpc) is 2.89. The summed E-state index contributed by atoms with van der Waals surface area (Å²) in [7, 11) is -3.82. The summed E-state index contributed by atoms with van der Waals surface area (Å²) in [6.45, 7) is 3.96. The van der Waals surface area contributed by atoms with Crippen LogP contribution in [0.25, 0.3) is 0 Å². The molecule has 3 aromatic carbocycles. The molecule has 0 radical (unpaired) electrons. The smallest absolute Gasteiger partial charge is 0.244 e. The molecule has 39 heavy (non-hydrogen) atoms. The third-order valence-corrected chi connectivity index (χ3v) is 8.09. The van der Waals surface area contributed by atoms with Crippen LogP contribution in [0.3, 0.4) is 0 Å². The number of sulfonamides is 1. The molecule has 2 amide bonds. The van der Waals surface area contributed by atoms with Crippen molar-refractivity contribution in [1.29, 1.82) is 0 Å². The van der Waals surface area contributed by atoms with Crippen LogP contribution in [0.2, 0.25) is 5.02 Å². The number of nitrogens with zero attached hydrogens (tertiary/aromatic N) is 2. The Kier molecular flexibility index (Phi) is 11.0. The lowest BCUT2D eigenvalue weighted by Crippen LogP contribution is -2.53. The summed E-state index contributed by atoms with van der Waals surface area (Å²) in [5.74, 6) is -0.636. The van der Waals surface area contributed by atoms with E-state index in [2.05, 4.69) is 21.2 Å². The van der Waals surface area contributed by atoms with E-state index in [4.69, 9.17) is 11.6 Å². The lowest BCUT2D eigenvalue weighted by atomic mass is 10.0. The number of amides is 2. The van der Waals surface area contributed by atoms with Gasteiger partial charge in [0.1, 0.15) is 12.6 Å². The SMILES string of the molecule is CC(C)CNC(=O)[C@H](Cc1ccccc1)N(Cc1ccccc1Cl)C(=O)CN(c1ccc(Br)cc1)S(C)(=O)=O. The summed E-state index contributed by atoms with van der Waals surface area (Å²) >= 11 is 9.81. The second-order valence-electron chi connectivity index (χ2n) is 9.70. The standard InChI is InChI=1S/C29H33BrClN3O4S/c1-21(2)18-32-29(36)27(17-22-9-5-4-6-10-22)33(19-23-11-7-8-12-26(23)31)28(35)20-34(39(3,37)38)25-15-13-24(30)14-16-25/h4-16,21,27H,17-20H2,1-3H3,(H,32,36)/t27-/m0/s1. The zero-order valence-electron chi connectivity index (χ0n) is 22.2. The van der Waals surface area contributed by atoms with Crippen molar-refractivity contribution in [2.24, 2.45) is 5.92 Å². The Labute approximate surface area is 244 Å². The lowest BCUT2D eigenvalue weighted by molar-refractivity contribution is -0.140. The number of nitrogens with one attached hydrogen (secondary N) is 1. The van der Waals surface area contributed by atoms with Gasteiger partial charge in [0, 0.05) is 29.0 Å². The fourth-order valence-corrected chi connectivity index (χ4v) is 5.32. The largest absolute Gasteiger partial charge is 0.354 e. The Balaban J connectivity index is 2.05. The van der Waals surface area contributed by atoms with Crippen LogP contribution in [0.5, 0.6) is 0 Å². The fraction of sp³-hybridized carbons (Fsp3) is 0.310. The van der Waals surface area contributed by atoms with Crippen LogP contribution in [-0.4, -0.2) is 50.5 Å². The van der Waals surface area contributed by atoms with E-state index in [9.17, 15) is 18.0 Å². The van der Waals surface area contributed by atoms with Gasteiger partial charge in [-0.1, -0.05) is 89.9 Å². The number of carbonyl (C=O) groups is 2. The van der Waals surface area contributed by atoms with Gasteiger partial charge in [-0.3, -0.25) is 13.9 Å². The summed E-state index contributed by atoms with van der Waals surface area (Å²) in [5, 5.41) is 3.41. The number of carbonyl (C=O) groups excluding carboxylic acids is 2. The van der Waals surface area contributed by atoms with Crippen LogP contribution in [0.4, 0.5) is 5.69 Å². The van der Waals surface area contributed by atoms with E-state index < -0.39 is 28.5 Å². The molecule has 3 rings (SSSR count). The molecule has 7 nitrogen and oxygen atoms in total. The molecule has 0 aliphatic carbocycles. The zero-order chi connectivity index (χ0) is 28.6. The Morgan fingerprint density at radius 3 is 2.15 bits per heavy atom. The summed E-state index contributed by atoms with van der Waals surface area (Å²) in [5.41, 5.74) is 1.86. The molecule has 0 aromatic heterocycles. The highest BCUT2D eigenvalue weighted by molar-refractivity contribution is 9.10. The van der Waals surface area contributed by atoms with E-state index in [1.54, 1.807) is 48.5 Å². The molecule has 0 aliphatic rings. The molecule has 3 aromatic rings.